The highest BCUT2D eigenvalue weighted by Crippen LogP contribution is 2.41. The molecule has 1 heterocycles. The van der Waals surface area contributed by atoms with Gasteiger partial charge in [-0.2, -0.15) is 0 Å². The minimum Gasteiger partial charge on any atom is -0.507 e. The molecule has 1 aliphatic heterocycles. The highest BCUT2D eigenvalue weighted by Gasteiger charge is 2.23. The van der Waals surface area contributed by atoms with Crippen molar-refractivity contribution in [1.29, 1.82) is 0 Å². The molecule has 0 fully saturated rings. The number of nitrogens with two attached hydrogens (primary N) is 1. The van der Waals surface area contributed by atoms with Crippen LogP contribution in [0.3, 0.4) is 0 Å². The number of benzene rings is 1. The number of rotatable bonds is 4. The molecule has 0 bridgehead atoms. The Kier molecular flexibility index (Phi) is 3.72. The third-order valence-corrected chi connectivity index (χ3v) is 3.18. The molecule has 0 radical (unpaired) electrons. The zero-order valence-electron chi connectivity index (χ0n) is 10.5. The van der Waals surface area contributed by atoms with Gasteiger partial charge in [-0.15, -0.1) is 0 Å². The van der Waals surface area contributed by atoms with Crippen LogP contribution in [-0.2, 0) is 17.6 Å². The fourth-order valence-corrected chi connectivity index (χ4v) is 2.22. The van der Waals surface area contributed by atoms with Gasteiger partial charge in [0, 0.05) is 12.0 Å². The van der Waals surface area contributed by atoms with Crippen molar-refractivity contribution in [3.05, 3.63) is 17.2 Å². The number of ether oxygens (including phenoxy) is 1. The van der Waals surface area contributed by atoms with Gasteiger partial charge in [-0.05, 0) is 37.4 Å². The van der Waals surface area contributed by atoms with Crippen molar-refractivity contribution in [1.82, 2.24) is 0 Å². The second kappa shape index (κ2) is 5.27. The van der Waals surface area contributed by atoms with Crippen LogP contribution in [0.4, 0.5) is 5.69 Å². The van der Waals surface area contributed by atoms with Crippen molar-refractivity contribution in [2.24, 2.45) is 5.73 Å². The average molecular weight is 250 g/mol. The van der Waals surface area contributed by atoms with Gasteiger partial charge in [-0.1, -0.05) is 0 Å². The molecular weight excluding hydrogens is 232 g/mol. The van der Waals surface area contributed by atoms with Crippen LogP contribution in [0.1, 0.15) is 24.0 Å². The molecule has 2 rings (SSSR count). The number of fused-ring (bicyclic) bond motifs is 1. The van der Waals surface area contributed by atoms with Crippen LogP contribution in [0.25, 0.3) is 0 Å². The van der Waals surface area contributed by atoms with Crippen molar-refractivity contribution >= 4 is 11.6 Å². The maximum absolute atomic E-state index is 11.4. The Bertz CT molecular complexity index is 472. The molecule has 1 amide bonds. The van der Waals surface area contributed by atoms with Gasteiger partial charge in [-0.3, -0.25) is 4.79 Å². The monoisotopic (exact) mass is 250 g/mol. The molecule has 18 heavy (non-hydrogen) atoms. The van der Waals surface area contributed by atoms with E-state index in [1.54, 1.807) is 13.2 Å². The van der Waals surface area contributed by atoms with Crippen LogP contribution in [0.5, 0.6) is 11.5 Å². The fraction of sp³-hybridized carbons (Fsp3) is 0.462. The van der Waals surface area contributed by atoms with Crippen LogP contribution in [0.15, 0.2) is 6.07 Å². The number of anilines is 1. The second-order valence-electron chi connectivity index (χ2n) is 4.38. The lowest BCUT2D eigenvalue weighted by Gasteiger charge is -2.22. The van der Waals surface area contributed by atoms with E-state index < -0.39 is 0 Å². The molecule has 0 saturated heterocycles. The summed E-state index contributed by atoms with van der Waals surface area (Å²) in [6.45, 7) is 0.579. The smallest absolute Gasteiger partial charge is 0.224 e. The molecule has 1 aromatic carbocycles. The van der Waals surface area contributed by atoms with Gasteiger partial charge in [-0.25, -0.2) is 0 Å². The van der Waals surface area contributed by atoms with E-state index in [0.29, 0.717) is 37.2 Å². The Morgan fingerprint density at radius 1 is 1.50 bits per heavy atom. The first-order chi connectivity index (χ1) is 8.67. The van der Waals surface area contributed by atoms with E-state index in [4.69, 9.17) is 10.5 Å². The molecule has 5 heteroatoms. The summed E-state index contributed by atoms with van der Waals surface area (Å²) in [4.78, 5) is 11.4. The van der Waals surface area contributed by atoms with E-state index >= 15 is 0 Å². The number of hydrogen-bond donors (Lipinski definition) is 3. The number of nitrogens with one attached hydrogen (secondary N) is 1. The Balaban J connectivity index is 2.44. The molecule has 5 nitrogen and oxygen atoms in total. The first-order valence-corrected chi connectivity index (χ1v) is 6.09. The first kappa shape index (κ1) is 12.7. The SMILES string of the molecule is COc1cc(CCCN)c(O)c2c1NC(=O)CC2. The summed E-state index contributed by atoms with van der Waals surface area (Å²) in [5.41, 5.74) is 7.67. The summed E-state index contributed by atoms with van der Waals surface area (Å²) >= 11 is 0. The number of carbonyl (C=O) groups excluding carboxylic acids is 1. The molecule has 0 spiro atoms. The quantitative estimate of drug-likeness (QED) is 0.749. The predicted octanol–water partition coefficient (Wildman–Crippen LogP) is 1.18. The summed E-state index contributed by atoms with van der Waals surface area (Å²) in [6.07, 6.45) is 2.45. The Labute approximate surface area is 106 Å². The molecule has 0 aromatic heterocycles. The second-order valence-corrected chi connectivity index (χ2v) is 4.38. The van der Waals surface area contributed by atoms with E-state index in [0.717, 1.165) is 17.5 Å². The molecule has 1 aromatic rings. The van der Waals surface area contributed by atoms with Gasteiger partial charge in [0.05, 0.1) is 12.8 Å². The Morgan fingerprint density at radius 2 is 2.28 bits per heavy atom. The van der Waals surface area contributed by atoms with E-state index in [9.17, 15) is 9.90 Å². The fourth-order valence-electron chi connectivity index (χ4n) is 2.22. The highest BCUT2D eigenvalue weighted by atomic mass is 16.5. The van der Waals surface area contributed by atoms with Gasteiger partial charge in [0.25, 0.3) is 0 Å². The summed E-state index contributed by atoms with van der Waals surface area (Å²) in [5.74, 6) is 0.817. The van der Waals surface area contributed by atoms with Gasteiger partial charge in [0.15, 0.2) is 0 Å². The van der Waals surface area contributed by atoms with Crippen LogP contribution in [0.2, 0.25) is 0 Å². The molecule has 4 N–H and O–H groups in total. The molecule has 0 unspecified atom stereocenters. The van der Waals surface area contributed by atoms with E-state index in [1.807, 2.05) is 0 Å². The Morgan fingerprint density at radius 3 is 2.94 bits per heavy atom. The average Bonchev–Trinajstić information content (AvgIpc) is 2.38. The molecular formula is C13H18N2O3. The number of aromatic hydroxyl groups is 1. The number of methoxy groups -OCH3 is 1. The maximum Gasteiger partial charge on any atom is 0.224 e. The van der Waals surface area contributed by atoms with Crippen LogP contribution >= 0.6 is 0 Å². The van der Waals surface area contributed by atoms with E-state index in [2.05, 4.69) is 5.32 Å². The summed E-state index contributed by atoms with van der Waals surface area (Å²) in [5, 5.41) is 13.0. The number of hydrogen-bond acceptors (Lipinski definition) is 4. The van der Waals surface area contributed by atoms with E-state index in [1.165, 1.54) is 0 Å². The van der Waals surface area contributed by atoms with E-state index in [-0.39, 0.29) is 11.7 Å². The predicted molar refractivity (Wildman–Crippen MR) is 69.0 cm³/mol. The largest absolute Gasteiger partial charge is 0.507 e. The molecule has 98 valence electrons. The summed E-state index contributed by atoms with van der Waals surface area (Å²) < 4.78 is 5.28. The lowest BCUT2D eigenvalue weighted by molar-refractivity contribution is -0.116. The number of aryl methyl sites for hydroxylation is 1. The zero-order chi connectivity index (χ0) is 13.1. The summed E-state index contributed by atoms with van der Waals surface area (Å²) in [6, 6.07) is 1.77. The normalized spacial score (nSPS) is 14.0. The standard InChI is InChI=1S/C13H18N2O3/c1-18-10-7-8(3-2-6-14)13(17)9-4-5-11(16)15-12(9)10/h7,17H,2-6,14H2,1H3,(H,15,16). The zero-order valence-corrected chi connectivity index (χ0v) is 10.5. The highest BCUT2D eigenvalue weighted by molar-refractivity contribution is 5.96. The van der Waals surface area contributed by atoms with Crippen molar-refractivity contribution < 1.29 is 14.6 Å². The van der Waals surface area contributed by atoms with Crippen molar-refractivity contribution in [2.75, 3.05) is 19.0 Å². The minimum atomic E-state index is -0.0464. The number of phenols is 1. The molecule has 1 aliphatic rings. The van der Waals surface area contributed by atoms with Crippen molar-refractivity contribution in [3.8, 4) is 11.5 Å². The first-order valence-electron chi connectivity index (χ1n) is 6.09. The molecule has 0 atom stereocenters. The third kappa shape index (κ3) is 2.26. The number of phenolic OH excluding ortho intramolecular Hbond substituents is 1. The molecule has 0 saturated carbocycles. The van der Waals surface area contributed by atoms with Crippen LogP contribution in [-0.4, -0.2) is 24.7 Å². The number of carbonyl (C=O) groups is 1. The Hall–Kier alpha value is -1.75. The van der Waals surface area contributed by atoms with Crippen molar-refractivity contribution in [2.45, 2.75) is 25.7 Å². The summed E-state index contributed by atoms with van der Waals surface area (Å²) in [7, 11) is 1.56. The molecule has 0 aliphatic carbocycles. The van der Waals surface area contributed by atoms with Crippen LogP contribution < -0.4 is 15.8 Å². The van der Waals surface area contributed by atoms with Crippen molar-refractivity contribution in [3.63, 3.8) is 0 Å². The topological polar surface area (TPSA) is 84.6 Å². The van der Waals surface area contributed by atoms with Gasteiger partial charge < -0.3 is 20.9 Å². The minimum absolute atomic E-state index is 0.0464. The third-order valence-electron chi connectivity index (χ3n) is 3.18. The lowest BCUT2D eigenvalue weighted by atomic mass is 9.96. The maximum atomic E-state index is 11.4. The van der Waals surface area contributed by atoms with Crippen LogP contribution in [0, 0.1) is 0 Å². The van der Waals surface area contributed by atoms with Gasteiger partial charge in [0.1, 0.15) is 11.5 Å². The number of amides is 1. The van der Waals surface area contributed by atoms with Gasteiger partial charge in [0.2, 0.25) is 5.91 Å². The lowest BCUT2D eigenvalue weighted by Crippen LogP contribution is -2.20. The van der Waals surface area contributed by atoms with Gasteiger partial charge >= 0.3 is 0 Å².